The number of thiophene rings is 1. The number of carbonyl (C=O) groups excluding carboxylic acids is 1. The summed E-state index contributed by atoms with van der Waals surface area (Å²) >= 11 is 1.31. The standard InChI is InChI=1S/C14H14FN3O2S/c1-2-8-5-6-21-12(8)14(19)17-11-4-3-9(7-10(11)15)13(16)18-20/h3-7,20H,2H2,1H3,(H2,16,18)(H,17,19). The fourth-order valence-corrected chi connectivity index (χ4v) is 2.72. The highest BCUT2D eigenvalue weighted by Crippen LogP contribution is 2.21. The third-order valence-electron chi connectivity index (χ3n) is 2.95. The summed E-state index contributed by atoms with van der Waals surface area (Å²) in [5, 5.41) is 15.7. The van der Waals surface area contributed by atoms with Gasteiger partial charge in [0.15, 0.2) is 5.84 Å². The summed E-state index contributed by atoms with van der Waals surface area (Å²) in [5.41, 5.74) is 6.58. The lowest BCUT2D eigenvalue weighted by Crippen LogP contribution is -2.16. The number of anilines is 1. The van der Waals surface area contributed by atoms with Crippen molar-refractivity contribution in [2.75, 3.05) is 5.32 Å². The largest absolute Gasteiger partial charge is 0.409 e. The van der Waals surface area contributed by atoms with Gasteiger partial charge in [-0.15, -0.1) is 11.3 Å². The number of hydrogen-bond donors (Lipinski definition) is 3. The summed E-state index contributed by atoms with van der Waals surface area (Å²) in [6, 6.07) is 5.81. The number of halogens is 1. The maximum absolute atomic E-state index is 13.9. The Labute approximate surface area is 124 Å². The molecule has 0 unspecified atom stereocenters. The fraction of sp³-hybridized carbons (Fsp3) is 0.143. The van der Waals surface area contributed by atoms with Crippen molar-refractivity contribution in [1.29, 1.82) is 0 Å². The quantitative estimate of drug-likeness (QED) is 0.351. The van der Waals surface area contributed by atoms with Gasteiger partial charge in [0, 0.05) is 5.56 Å². The molecule has 0 aliphatic heterocycles. The summed E-state index contributed by atoms with van der Waals surface area (Å²) in [7, 11) is 0. The molecule has 1 heterocycles. The summed E-state index contributed by atoms with van der Waals surface area (Å²) in [6.45, 7) is 1.95. The minimum atomic E-state index is -0.651. The van der Waals surface area contributed by atoms with E-state index in [2.05, 4.69) is 10.5 Å². The monoisotopic (exact) mass is 307 g/mol. The fourth-order valence-electron chi connectivity index (χ4n) is 1.83. The first kappa shape index (κ1) is 15.0. The molecule has 21 heavy (non-hydrogen) atoms. The number of amides is 1. The lowest BCUT2D eigenvalue weighted by molar-refractivity contribution is 0.102. The van der Waals surface area contributed by atoms with Gasteiger partial charge in [-0.3, -0.25) is 4.79 Å². The Morgan fingerprint density at radius 1 is 1.48 bits per heavy atom. The molecule has 2 aromatic rings. The molecule has 0 bridgehead atoms. The Bertz CT molecular complexity index is 697. The summed E-state index contributed by atoms with van der Waals surface area (Å²) in [6.07, 6.45) is 0.733. The number of benzene rings is 1. The highest BCUT2D eigenvalue weighted by Gasteiger charge is 2.14. The van der Waals surface area contributed by atoms with Gasteiger partial charge in [-0.2, -0.15) is 0 Å². The lowest BCUT2D eigenvalue weighted by atomic mass is 10.1. The van der Waals surface area contributed by atoms with Gasteiger partial charge >= 0.3 is 0 Å². The van der Waals surface area contributed by atoms with Crippen LogP contribution in [-0.2, 0) is 6.42 Å². The second kappa shape index (κ2) is 6.36. The van der Waals surface area contributed by atoms with Crippen LogP contribution in [-0.4, -0.2) is 17.0 Å². The van der Waals surface area contributed by atoms with E-state index in [-0.39, 0.29) is 23.0 Å². The summed E-state index contributed by atoms with van der Waals surface area (Å²) < 4.78 is 13.9. The molecule has 0 fully saturated rings. The molecule has 0 saturated heterocycles. The molecule has 1 aromatic heterocycles. The molecule has 5 nitrogen and oxygen atoms in total. The third kappa shape index (κ3) is 3.19. The van der Waals surface area contributed by atoms with Gasteiger partial charge in [0.2, 0.25) is 0 Å². The van der Waals surface area contributed by atoms with E-state index in [1.807, 2.05) is 18.4 Å². The first-order valence-electron chi connectivity index (χ1n) is 6.22. The zero-order chi connectivity index (χ0) is 15.4. The van der Waals surface area contributed by atoms with E-state index in [0.717, 1.165) is 18.1 Å². The molecular formula is C14H14FN3O2S. The number of aryl methyl sites for hydroxylation is 1. The van der Waals surface area contributed by atoms with E-state index in [9.17, 15) is 9.18 Å². The molecular weight excluding hydrogens is 293 g/mol. The Balaban J connectivity index is 2.22. The molecule has 0 aliphatic rings. The van der Waals surface area contributed by atoms with E-state index in [4.69, 9.17) is 10.9 Å². The van der Waals surface area contributed by atoms with Crippen molar-refractivity contribution < 1.29 is 14.4 Å². The molecule has 0 spiro atoms. The molecule has 0 saturated carbocycles. The highest BCUT2D eigenvalue weighted by atomic mass is 32.1. The average Bonchev–Trinajstić information content (AvgIpc) is 2.97. The van der Waals surface area contributed by atoms with Crippen LogP contribution in [0.1, 0.15) is 27.7 Å². The number of nitrogens with one attached hydrogen (secondary N) is 1. The molecule has 0 atom stereocenters. The predicted octanol–water partition coefficient (Wildman–Crippen LogP) is 2.80. The smallest absolute Gasteiger partial charge is 0.266 e. The first-order chi connectivity index (χ1) is 10.1. The van der Waals surface area contributed by atoms with E-state index in [1.165, 1.54) is 23.5 Å². The molecule has 1 amide bonds. The number of nitrogens with two attached hydrogens (primary N) is 1. The van der Waals surface area contributed by atoms with E-state index < -0.39 is 5.82 Å². The van der Waals surface area contributed by atoms with Crippen LogP contribution in [0.3, 0.4) is 0 Å². The molecule has 7 heteroatoms. The second-order valence-electron chi connectivity index (χ2n) is 4.26. The maximum Gasteiger partial charge on any atom is 0.266 e. The second-order valence-corrected chi connectivity index (χ2v) is 5.18. The number of nitrogens with zero attached hydrogens (tertiary/aromatic N) is 1. The normalized spacial score (nSPS) is 11.4. The topological polar surface area (TPSA) is 87.7 Å². The van der Waals surface area contributed by atoms with Crippen LogP contribution in [0.2, 0.25) is 0 Å². The molecule has 0 radical (unpaired) electrons. The van der Waals surface area contributed by atoms with Gasteiger partial charge in [0.25, 0.3) is 5.91 Å². The van der Waals surface area contributed by atoms with Crippen molar-refractivity contribution in [3.05, 3.63) is 51.5 Å². The van der Waals surface area contributed by atoms with Crippen molar-refractivity contribution in [1.82, 2.24) is 0 Å². The molecule has 0 aliphatic carbocycles. The maximum atomic E-state index is 13.9. The number of amidine groups is 1. The zero-order valence-electron chi connectivity index (χ0n) is 11.3. The molecule has 4 N–H and O–H groups in total. The van der Waals surface area contributed by atoms with Crippen LogP contribution in [0.25, 0.3) is 0 Å². The molecule has 1 aromatic carbocycles. The highest BCUT2D eigenvalue weighted by molar-refractivity contribution is 7.12. The van der Waals surface area contributed by atoms with Gasteiger partial charge < -0.3 is 16.3 Å². The number of hydrogen-bond acceptors (Lipinski definition) is 4. The van der Waals surface area contributed by atoms with Crippen molar-refractivity contribution in [3.63, 3.8) is 0 Å². The van der Waals surface area contributed by atoms with Crippen LogP contribution < -0.4 is 11.1 Å². The number of rotatable bonds is 4. The Kier molecular flexibility index (Phi) is 4.54. The minimum absolute atomic E-state index is 0.0462. The SMILES string of the molecule is CCc1ccsc1C(=O)Nc1ccc(/C(N)=N/O)cc1F. The van der Waals surface area contributed by atoms with Gasteiger partial charge in [0.05, 0.1) is 10.6 Å². The van der Waals surface area contributed by atoms with E-state index in [0.29, 0.717) is 4.88 Å². The summed E-state index contributed by atoms with van der Waals surface area (Å²) in [5.74, 6) is -1.20. The Morgan fingerprint density at radius 3 is 2.86 bits per heavy atom. The van der Waals surface area contributed by atoms with Gasteiger partial charge in [-0.05, 0) is 41.6 Å². The Morgan fingerprint density at radius 2 is 2.24 bits per heavy atom. The zero-order valence-corrected chi connectivity index (χ0v) is 12.1. The first-order valence-corrected chi connectivity index (χ1v) is 7.10. The number of oxime groups is 1. The van der Waals surface area contributed by atoms with Crippen LogP contribution >= 0.6 is 11.3 Å². The van der Waals surface area contributed by atoms with Crippen LogP contribution in [0, 0.1) is 5.82 Å². The third-order valence-corrected chi connectivity index (χ3v) is 3.91. The van der Waals surface area contributed by atoms with Crippen LogP contribution in [0.5, 0.6) is 0 Å². The van der Waals surface area contributed by atoms with Crippen LogP contribution in [0.15, 0.2) is 34.8 Å². The Hall–Kier alpha value is -2.41. The van der Waals surface area contributed by atoms with Crippen molar-refractivity contribution in [3.8, 4) is 0 Å². The van der Waals surface area contributed by atoms with Gasteiger partial charge in [-0.25, -0.2) is 4.39 Å². The predicted molar refractivity (Wildman–Crippen MR) is 80.6 cm³/mol. The lowest BCUT2D eigenvalue weighted by Gasteiger charge is -2.08. The van der Waals surface area contributed by atoms with Gasteiger partial charge in [0.1, 0.15) is 5.82 Å². The van der Waals surface area contributed by atoms with Crippen molar-refractivity contribution in [2.45, 2.75) is 13.3 Å². The van der Waals surface area contributed by atoms with Crippen molar-refractivity contribution in [2.24, 2.45) is 10.9 Å². The van der Waals surface area contributed by atoms with E-state index in [1.54, 1.807) is 0 Å². The van der Waals surface area contributed by atoms with E-state index >= 15 is 0 Å². The average molecular weight is 307 g/mol. The minimum Gasteiger partial charge on any atom is -0.409 e. The summed E-state index contributed by atoms with van der Waals surface area (Å²) in [4.78, 5) is 12.7. The van der Waals surface area contributed by atoms with Crippen LogP contribution in [0.4, 0.5) is 10.1 Å². The molecule has 2 rings (SSSR count). The number of carbonyl (C=O) groups is 1. The van der Waals surface area contributed by atoms with Gasteiger partial charge in [-0.1, -0.05) is 12.1 Å². The van der Waals surface area contributed by atoms with Crippen molar-refractivity contribution >= 4 is 28.8 Å². The molecule has 110 valence electrons.